The van der Waals surface area contributed by atoms with E-state index >= 15 is 0 Å². The van der Waals surface area contributed by atoms with Gasteiger partial charge in [-0.25, -0.2) is 4.98 Å². The van der Waals surface area contributed by atoms with Gasteiger partial charge in [0, 0.05) is 24.4 Å². The number of nitrogens with zero attached hydrogens (tertiary/aromatic N) is 2. The summed E-state index contributed by atoms with van der Waals surface area (Å²) >= 11 is 1.61. The summed E-state index contributed by atoms with van der Waals surface area (Å²) in [5, 5.41) is 5.24. The summed E-state index contributed by atoms with van der Waals surface area (Å²) in [5.74, 6) is 0.278. The summed E-state index contributed by atoms with van der Waals surface area (Å²) < 4.78 is 36.3. The number of halogens is 3. The molecule has 2 rings (SSSR count). The molecule has 23 heavy (non-hydrogen) atoms. The topological polar surface area (TPSA) is 45.2 Å². The summed E-state index contributed by atoms with van der Waals surface area (Å²) in [5.41, 5.74) is 1.06. The summed E-state index contributed by atoms with van der Waals surface area (Å²) in [7, 11) is 0. The molecular weight excluding hydrogens is 327 g/mol. The molecule has 1 fully saturated rings. The summed E-state index contributed by atoms with van der Waals surface area (Å²) in [6.07, 6.45) is -2.48. The number of thiazole rings is 1. The van der Waals surface area contributed by atoms with Crippen molar-refractivity contribution in [2.24, 2.45) is 0 Å². The SMILES string of the molecule is CC(C)c1csc(C2CCCN(C(=O)CNCC(F)(F)F)C2)n1. The maximum Gasteiger partial charge on any atom is 0.401 e. The Morgan fingerprint density at radius 1 is 1.52 bits per heavy atom. The van der Waals surface area contributed by atoms with E-state index in [2.05, 4.69) is 24.1 Å². The number of rotatable bonds is 5. The Hall–Kier alpha value is -1.15. The molecule has 1 aliphatic heterocycles. The van der Waals surface area contributed by atoms with E-state index in [1.54, 1.807) is 16.2 Å². The van der Waals surface area contributed by atoms with E-state index < -0.39 is 12.7 Å². The Balaban J connectivity index is 1.88. The van der Waals surface area contributed by atoms with Gasteiger partial charge in [-0.1, -0.05) is 13.8 Å². The molecule has 1 saturated heterocycles. The van der Waals surface area contributed by atoms with Gasteiger partial charge >= 0.3 is 6.18 Å². The summed E-state index contributed by atoms with van der Waals surface area (Å²) in [6, 6.07) is 0. The average Bonchev–Trinajstić information content (AvgIpc) is 2.96. The fourth-order valence-corrected chi connectivity index (χ4v) is 3.69. The molecule has 0 saturated carbocycles. The van der Waals surface area contributed by atoms with Crippen LogP contribution < -0.4 is 5.32 Å². The lowest BCUT2D eigenvalue weighted by Gasteiger charge is -2.32. The lowest BCUT2D eigenvalue weighted by atomic mass is 9.98. The molecule has 1 aliphatic rings. The van der Waals surface area contributed by atoms with E-state index in [0.29, 0.717) is 19.0 Å². The highest BCUT2D eigenvalue weighted by molar-refractivity contribution is 7.09. The number of likely N-dealkylation sites (tertiary alicyclic amines) is 1. The fraction of sp³-hybridized carbons (Fsp3) is 0.733. The van der Waals surface area contributed by atoms with Crippen LogP contribution >= 0.6 is 11.3 Å². The van der Waals surface area contributed by atoms with Gasteiger partial charge in [0.05, 0.1) is 23.8 Å². The zero-order valence-electron chi connectivity index (χ0n) is 13.3. The lowest BCUT2D eigenvalue weighted by molar-refractivity contribution is -0.135. The Morgan fingerprint density at radius 2 is 2.26 bits per heavy atom. The monoisotopic (exact) mass is 349 g/mol. The molecule has 1 amide bonds. The van der Waals surface area contributed by atoms with Crippen molar-refractivity contribution in [2.75, 3.05) is 26.2 Å². The van der Waals surface area contributed by atoms with Crippen molar-refractivity contribution in [3.8, 4) is 0 Å². The number of alkyl halides is 3. The summed E-state index contributed by atoms with van der Waals surface area (Å²) in [4.78, 5) is 18.3. The maximum absolute atomic E-state index is 12.1. The van der Waals surface area contributed by atoms with E-state index in [-0.39, 0.29) is 18.4 Å². The average molecular weight is 349 g/mol. The van der Waals surface area contributed by atoms with E-state index in [4.69, 9.17) is 0 Å². The van der Waals surface area contributed by atoms with E-state index in [0.717, 1.165) is 23.5 Å². The highest BCUT2D eigenvalue weighted by Crippen LogP contribution is 2.30. The number of aromatic nitrogens is 1. The highest BCUT2D eigenvalue weighted by Gasteiger charge is 2.29. The second kappa shape index (κ2) is 7.61. The van der Waals surface area contributed by atoms with Crippen LogP contribution in [0.5, 0.6) is 0 Å². The first-order valence-corrected chi connectivity index (χ1v) is 8.65. The van der Waals surface area contributed by atoms with Gasteiger partial charge in [-0.15, -0.1) is 11.3 Å². The van der Waals surface area contributed by atoms with E-state index in [1.165, 1.54) is 0 Å². The smallest absolute Gasteiger partial charge is 0.341 e. The van der Waals surface area contributed by atoms with Gasteiger partial charge in [0.2, 0.25) is 5.91 Å². The van der Waals surface area contributed by atoms with Gasteiger partial charge in [-0.3, -0.25) is 4.79 Å². The molecule has 4 nitrogen and oxygen atoms in total. The van der Waals surface area contributed by atoms with Crippen molar-refractivity contribution in [3.63, 3.8) is 0 Å². The van der Waals surface area contributed by atoms with Gasteiger partial charge in [0.1, 0.15) is 0 Å². The van der Waals surface area contributed by atoms with Crippen LogP contribution in [0.3, 0.4) is 0 Å². The van der Waals surface area contributed by atoms with Crippen LogP contribution in [0.2, 0.25) is 0 Å². The molecule has 1 aromatic rings. The van der Waals surface area contributed by atoms with Crippen molar-refractivity contribution in [3.05, 3.63) is 16.1 Å². The second-order valence-corrected chi connectivity index (χ2v) is 7.05. The predicted molar refractivity (Wildman–Crippen MR) is 83.7 cm³/mol. The van der Waals surface area contributed by atoms with Crippen molar-refractivity contribution in [2.45, 2.75) is 44.7 Å². The first-order chi connectivity index (χ1) is 10.8. The minimum atomic E-state index is -4.29. The standard InChI is InChI=1S/C15H22F3N3OS/c1-10(2)12-8-23-14(20-12)11-4-3-5-21(7-11)13(22)6-19-9-15(16,17)18/h8,10-11,19H,3-7,9H2,1-2H3. The maximum atomic E-state index is 12.1. The van der Waals surface area contributed by atoms with Gasteiger partial charge in [-0.2, -0.15) is 13.2 Å². The molecule has 1 aromatic heterocycles. The van der Waals surface area contributed by atoms with Crippen LogP contribution in [0.15, 0.2) is 5.38 Å². The Morgan fingerprint density at radius 3 is 2.87 bits per heavy atom. The highest BCUT2D eigenvalue weighted by atomic mass is 32.1. The Labute approximate surface area is 138 Å². The molecule has 8 heteroatoms. The molecule has 0 aromatic carbocycles. The molecule has 1 atom stereocenters. The molecule has 1 N–H and O–H groups in total. The number of hydrogen-bond donors (Lipinski definition) is 1. The van der Waals surface area contributed by atoms with E-state index in [9.17, 15) is 18.0 Å². The second-order valence-electron chi connectivity index (χ2n) is 6.16. The molecule has 1 unspecified atom stereocenters. The predicted octanol–water partition coefficient (Wildman–Crippen LogP) is 3.12. The molecule has 0 radical (unpaired) electrons. The third kappa shape index (κ3) is 5.46. The number of nitrogens with one attached hydrogen (secondary N) is 1. The van der Waals surface area contributed by atoms with Gasteiger partial charge < -0.3 is 10.2 Å². The fourth-order valence-electron chi connectivity index (χ4n) is 2.58. The van der Waals surface area contributed by atoms with Crippen molar-refractivity contribution in [1.82, 2.24) is 15.2 Å². The van der Waals surface area contributed by atoms with E-state index in [1.807, 2.05) is 5.38 Å². The largest absolute Gasteiger partial charge is 0.401 e. The first-order valence-electron chi connectivity index (χ1n) is 7.77. The van der Waals surface area contributed by atoms with Gasteiger partial charge in [-0.05, 0) is 18.8 Å². The van der Waals surface area contributed by atoms with Crippen molar-refractivity contribution in [1.29, 1.82) is 0 Å². The molecule has 0 aliphatic carbocycles. The Bertz CT molecular complexity index is 530. The zero-order chi connectivity index (χ0) is 17.0. The molecule has 2 heterocycles. The molecule has 0 spiro atoms. The minimum Gasteiger partial charge on any atom is -0.341 e. The number of carbonyl (C=O) groups excluding carboxylic acids is 1. The lowest BCUT2D eigenvalue weighted by Crippen LogP contribution is -2.44. The van der Waals surface area contributed by atoms with Crippen LogP contribution in [0, 0.1) is 0 Å². The normalized spacial score (nSPS) is 19.4. The first kappa shape index (κ1) is 18.2. The number of hydrogen-bond acceptors (Lipinski definition) is 4. The van der Waals surface area contributed by atoms with Crippen molar-refractivity contribution >= 4 is 17.2 Å². The quantitative estimate of drug-likeness (QED) is 0.888. The number of amides is 1. The van der Waals surface area contributed by atoms with Crippen LogP contribution in [0.4, 0.5) is 13.2 Å². The third-order valence-corrected chi connectivity index (χ3v) is 4.88. The molecule has 130 valence electrons. The van der Waals surface area contributed by atoms with Gasteiger partial charge in [0.25, 0.3) is 0 Å². The summed E-state index contributed by atoms with van der Waals surface area (Å²) in [6.45, 7) is 3.90. The van der Waals surface area contributed by atoms with Crippen molar-refractivity contribution < 1.29 is 18.0 Å². The Kier molecular flexibility index (Phi) is 6.02. The molecular formula is C15H22F3N3OS. The van der Waals surface area contributed by atoms with Crippen LogP contribution in [-0.2, 0) is 4.79 Å². The number of piperidine rings is 1. The third-order valence-electron chi connectivity index (χ3n) is 3.86. The minimum absolute atomic E-state index is 0.188. The van der Waals surface area contributed by atoms with Crippen LogP contribution in [0.25, 0.3) is 0 Å². The van der Waals surface area contributed by atoms with Crippen LogP contribution in [0.1, 0.15) is 49.2 Å². The number of carbonyl (C=O) groups is 1. The zero-order valence-corrected chi connectivity index (χ0v) is 14.1. The van der Waals surface area contributed by atoms with Crippen LogP contribution in [-0.4, -0.2) is 48.1 Å². The van der Waals surface area contributed by atoms with Gasteiger partial charge in [0.15, 0.2) is 0 Å². The molecule has 0 bridgehead atoms.